The van der Waals surface area contributed by atoms with Gasteiger partial charge in [0.15, 0.2) is 11.6 Å². The fraction of sp³-hybridized carbons (Fsp3) is 0.211. The summed E-state index contributed by atoms with van der Waals surface area (Å²) in [5.74, 6) is -2.47. The fourth-order valence-corrected chi connectivity index (χ4v) is 8.19. The second kappa shape index (κ2) is 12.4. The number of phenols is 1. The van der Waals surface area contributed by atoms with Gasteiger partial charge < -0.3 is 14.6 Å². The summed E-state index contributed by atoms with van der Waals surface area (Å²) in [6.45, 7) is 0. The molecule has 242 valence electrons. The van der Waals surface area contributed by atoms with E-state index >= 15 is 0 Å². The van der Waals surface area contributed by atoms with Gasteiger partial charge in [0.05, 0.1) is 36.2 Å². The van der Waals surface area contributed by atoms with Gasteiger partial charge in [-0.1, -0.05) is 53.6 Å². The average Bonchev–Trinajstić information content (AvgIpc) is 3.34. The molecule has 3 aromatic carbocycles. The number of rotatable bonds is 6. The maximum absolute atomic E-state index is 14.2. The van der Waals surface area contributed by atoms with Crippen molar-refractivity contribution >= 4 is 68.8 Å². The number of amides is 2. The van der Waals surface area contributed by atoms with Crippen molar-refractivity contribution in [2.75, 3.05) is 19.1 Å². The molecule has 1 heterocycles. The molecule has 1 N–H and O–H groups in total. The second-order valence-corrected chi connectivity index (χ2v) is 13.4. The van der Waals surface area contributed by atoms with Crippen LogP contribution in [0.2, 0.25) is 5.02 Å². The van der Waals surface area contributed by atoms with E-state index in [0.29, 0.717) is 40.3 Å². The molecule has 0 radical (unpaired) electrons. The summed E-state index contributed by atoms with van der Waals surface area (Å²) < 4.78 is 10.9. The number of nitrogens with zero attached hydrogens (tertiary/aromatic N) is 1. The summed E-state index contributed by atoms with van der Waals surface area (Å²) in [5.41, 5.74) is 4.11. The standard InChI is InChI=1S/C38H29BrClNO7/c1-47-23-10-14-32(48-2)20(15-23)6-3-19-4-7-21(8-5-19)41-37(45)26-13-12-24-27(34(26)38(41)46)17-28-35(31(43)18-29(39)36(28)44)33(24)25-11-9-22(42)16-30(25)40/h3-12,14-16,18,26-27,33-34,42H,13,17H2,1-2H3/t26-,27+,33+,34-/m0/s1. The Labute approximate surface area is 290 Å². The van der Waals surface area contributed by atoms with Gasteiger partial charge in [0.25, 0.3) is 0 Å². The lowest BCUT2D eigenvalue weighted by Gasteiger charge is -2.42. The maximum atomic E-state index is 14.2. The van der Waals surface area contributed by atoms with Crippen molar-refractivity contribution in [3.8, 4) is 17.2 Å². The van der Waals surface area contributed by atoms with Gasteiger partial charge in [0.2, 0.25) is 11.8 Å². The van der Waals surface area contributed by atoms with Crippen LogP contribution in [0.1, 0.15) is 35.4 Å². The van der Waals surface area contributed by atoms with Crippen LogP contribution in [0.5, 0.6) is 17.2 Å². The number of hydrogen-bond donors (Lipinski definition) is 1. The Morgan fingerprint density at radius 3 is 2.40 bits per heavy atom. The number of allylic oxidation sites excluding steroid dienone is 6. The number of aromatic hydroxyl groups is 1. The van der Waals surface area contributed by atoms with E-state index in [0.717, 1.165) is 16.7 Å². The van der Waals surface area contributed by atoms with Gasteiger partial charge in [0, 0.05) is 33.7 Å². The monoisotopic (exact) mass is 725 g/mol. The molecule has 4 aliphatic rings. The molecule has 0 unspecified atom stereocenters. The lowest BCUT2D eigenvalue weighted by Crippen LogP contribution is -2.39. The minimum absolute atomic E-state index is 0.0366. The van der Waals surface area contributed by atoms with Gasteiger partial charge in [0.1, 0.15) is 17.2 Å². The molecular weight excluding hydrogens is 698 g/mol. The van der Waals surface area contributed by atoms with Crippen LogP contribution in [0.15, 0.2) is 94.0 Å². The second-order valence-electron chi connectivity index (χ2n) is 12.1. The number of ether oxygens (including phenoxy) is 2. The Morgan fingerprint density at radius 2 is 1.69 bits per heavy atom. The maximum Gasteiger partial charge on any atom is 0.238 e. The van der Waals surface area contributed by atoms with Crippen LogP contribution in [-0.4, -0.2) is 42.7 Å². The predicted octanol–water partition coefficient (Wildman–Crippen LogP) is 7.20. The van der Waals surface area contributed by atoms with Gasteiger partial charge in [-0.25, -0.2) is 0 Å². The lowest BCUT2D eigenvalue weighted by molar-refractivity contribution is -0.123. The molecule has 48 heavy (non-hydrogen) atoms. The van der Waals surface area contributed by atoms with E-state index in [4.69, 9.17) is 21.1 Å². The number of ketones is 2. The topological polar surface area (TPSA) is 110 Å². The van der Waals surface area contributed by atoms with Crippen LogP contribution in [-0.2, 0) is 19.2 Å². The van der Waals surface area contributed by atoms with Crippen molar-refractivity contribution < 1.29 is 33.8 Å². The highest BCUT2D eigenvalue weighted by Crippen LogP contribution is 2.56. The number of anilines is 1. The smallest absolute Gasteiger partial charge is 0.238 e. The SMILES string of the molecule is COc1ccc(OC)c(C=Cc2ccc(N3C(=O)[C@H]4[C@H](CC=C5[C@H](c6ccc(O)cc6Cl)C6=C(C[C@H]54)C(=O)C(Br)=CC6=O)C3=O)cc2)c1. The predicted molar refractivity (Wildman–Crippen MR) is 185 cm³/mol. The lowest BCUT2D eigenvalue weighted by atomic mass is 9.59. The number of Topliss-reactive ketones (excluding diaryl/α,β-unsaturated/α-hetero) is 1. The number of carbonyl (C=O) groups is 4. The van der Waals surface area contributed by atoms with Crippen LogP contribution >= 0.6 is 27.5 Å². The summed E-state index contributed by atoms with van der Waals surface area (Å²) >= 11 is 9.87. The zero-order chi connectivity index (χ0) is 33.9. The molecule has 1 saturated heterocycles. The molecule has 1 fully saturated rings. The van der Waals surface area contributed by atoms with Crippen molar-refractivity contribution in [1.29, 1.82) is 0 Å². The highest BCUT2D eigenvalue weighted by Gasteiger charge is 2.56. The first-order valence-electron chi connectivity index (χ1n) is 15.4. The molecule has 0 saturated carbocycles. The van der Waals surface area contributed by atoms with Crippen LogP contribution in [0.3, 0.4) is 0 Å². The summed E-state index contributed by atoms with van der Waals surface area (Å²) in [7, 11) is 3.20. The van der Waals surface area contributed by atoms with Crippen LogP contribution in [0.25, 0.3) is 12.2 Å². The zero-order valence-electron chi connectivity index (χ0n) is 25.9. The van der Waals surface area contributed by atoms with Gasteiger partial charge in [-0.05, 0) is 88.3 Å². The van der Waals surface area contributed by atoms with Crippen molar-refractivity contribution in [3.05, 3.63) is 116 Å². The molecule has 10 heteroatoms. The fourth-order valence-electron chi connectivity index (χ4n) is 7.46. The van der Waals surface area contributed by atoms with Gasteiger partial charge in [-0.2, -0.15) is 0 Å². The molecule has 0 bridgehead atoms. The van der Waals surface area contributed by atoms with E-state index in [1.54, 1.807) is 32.4 Å². The molecule has 4 atom stereocenters. The van der Waals surface area contributed by atoms with Crippen LogP contribution in [0.4, 0.5) is 5.69 Å². The zero-order valence-corrected chi connectivity index (χ0v) is 28.2. The number of hydrogen-bond acceptors (Lipinski definition) is 7. The third kappa shape index (κ3) is 5.22. The van der Waals surface area contributed by atoms with E-state index in [1.165, 1.54) is 23.1 Å². The Kier molecular flexibility index (Phi) is 8.21. The molecular formula is C38H29BrClNO7. The molecule has 3 aliphatic carbocycles. The van der Waals surface area contributed by atoms with E-state index in [2.05, 4.69) is 15.9 Å². The first-order chi connectivity index (χ1) is 23.1. The quantitative estimate of drug-likeness (QED) is 0.124. The summed E-state index contributed by atoms with van der Waals surface area (Å²) in [6.07, 6.45) is 7.46. The molecule has 8 nitrogen and oxygen atoms in total. The Hall–Kier alpha value is -4.73. The molecule has 1 aliphatic heterocycles. The van der Waals surface area contributed by atoms with E-state index < -0.39 is 23.7 Å². The van der Waals surface area contributed by atoms with E-state index in [9.17, 15) is 24.3 Å². The largest absolute Gasteiger partial charge is 0.508 e. The third-order valence-corrected chi connectivity index (χ3v) is 10.6. The average molecular weight is 727 g/mol. The van der Waals surface area contributed by atoms with E-state index in [-0.39, 0.29) is 45.1 Å². The van der Waals surface area contributed by atoms with Crippen molar-refractivity contribution in [3.63, 3.8) is 0 Å². The molecule has 0 spiro atoms. The number of fused-ring (bicyclic) bond motifs is 3. The highest BCUT2D eigenvalue weighted by molar-refractivity contribution is 9.12. The Morgan fingerprint density at radius 1 is 0.917 bits per heavy atom. The number of phenolic OH excluding ortho intramolecular Hbond substituents is 1. The molecule has 0 aromatic heterocycles. The number of benzene rings is 3. The Balaban J connectivity index is 1.21. The third-order valence-electron chi connectivity index (χ3n) is 9.67. The van der Waals surface area contributed by atoms with Gasteiger partial charge >= 0.3 is 0 Å². The Bertz CT molecular complexity index is 2040. The number of methoxy groups -OCH3 is 2. The van der Waals surface area contributed by atoms with Crippen molar-refractivity contribution in [2.24, 2.45) is 17.8 Å². The highest BCUT2D eigenvalue weighted by atomic mass is 79.9. The summed E-state index contributed by atoms with van der Waals surface area (Å²) in [6, 6.07) is 17.2. The molecule has 3 aromatic rings. The molecule has 7 rings (SSSR count). The summed E-state index contributed by atoms with van der Waals surface area (Å²) in [4.78, 5) is 56.3. The first kappa shape index (κ1) is 31.8. The number of carbonyl (C=O) groups excluding carboxylic acids is 4. The summed E-state index contributed by atoms with van der Waals surface area (Å²) in [5, 5.41) is 10.3. The van der Waals surface area contributed by atoms with Crippen molar-refractivity contribution in [1.82, 2.24) is 0 Å². The van der Waals surface area contributed by atoms with Gasteiger partial charge in [-0.15, -0.1) is 0 Å². The number of imide groups is 1. The van der Waals surface area contributed by atoms with Crippen LogP contribution < -0.4 is 14.4 Å². The minimum Gasteiger partial charge on any atom is -0.508 e. The minimum atomic E-state index is -0.724. The van der Waals surface area contributed by atoms with Crippen molar-refractivity contribution in [2.45, 2.75) is 18.8 Å². The van der Waals surface area contributed by atoms with Crippen LogP contribution in [0, 0.1) is 17.8 Å². The first-order valence-corrected chi connectivity index (χ1v) is 16.5. The number of halogens is 2. The van der Waals surface area contributed by atoms with Gasteiger partial charge in [-0.3, -0.25) is 24.1 Å². The van der Waals surface area contributed by atoms with E-state index in [1.807, 2.05) is 48.6 Å². The molecule has 2 amide bonds. The normalized spacial score (nSPS) is 23.5.